The summed E-state index contributed by atoms with van der Waals surface area (Å²) < 4.78 is 0.676. The summed E-state index contributed by atoms with van der Waals surface area (Å²) in [6.07, 6.45) is 2.98. The van der Waals surface area contributed by atoms with E-state index in [-0.39, 0.29) is 29.0 Å². The second-order valence-electron chi connectivity index (χ2n) is 5.62. The van der Waals surface area contributed by atoms with Gasteiger partial charge in [-0.1, -0.05) is 6.07 Å². The third-order valence-electron chi connectivity index (χ3n) is 3.94. The Labute approximate surface area is 151 Å². The van der Waals surface area contributed by atoms with E-state index >= 15 is 0 Å². The van der Waals surface area contributed by atoms with Crippen molar-refractivity contribution < 1.29 is 9.59 Å². The molecule has 2 aromatic rings. The van der Waals surface area contributed by atoms with Crippen LogP contribution in [0, 0.1) is 5.92 Å². The highest BCUT2D eigenvalue weighted by Gasteiger charge is 2.29. The van der Waals surface area contributed by atoms with E-state index in [9.17, 15) is 14.4 Å². The fourth-order valence-corrected chi connectivity index (χ4v) is 3.75. The molecule has 0 aliphatic carbocycles. The van der Waals surface area contributed by atoms with Crippen molar-refractivity contribution in [1.29, 1.82) is 0 Å². The molecule has 1 unspecified atom stereocenters. The Kier molecular flexibility index (Phi) is 5.15. The van der Waals surface area contributed by atoms with Crippen LogP contribution < -0.4 is 10.9 Å². The molecular weight excluding hydrogens is 394 g/mol. The van der Waals surface area contributed by atoms with Gasteiger partial charge in [-0.3, -0.25) is 14.4 Å². The lowest BCUT2D eigenvalue weighted by Gasteiger charge is -2.31. The van der Waals surface area contributed by atoms with E-state index in [4.69, 9.17) is 0 Å². The van der Waals surface area contributed by atoms with Gasteiger partial charge in [0.2, 0.25) is 5.91 Å². The number of aromatic amines is 1. The third-order valence-corrected chi connectivity index (χ3v) is 5.25. The number of anilines is 1. The number of hydrogen-bond acceptors (Lipinski definition) is 4. The molecular formula is C16H16BrN3O3S. The first kappa shape index (κ1) is 16.9. The van der Waals surface area contributed by atoms with Gasteiger partial charge in [0, 0.05) is 23.8 Å². The lowest BCUT2D eigenvalue weighted by Crippen LogP contribution is -2.43. The molecule has 0 aromatic carbocycles. The van der Waals surface area contributed by atoms with Crippen LogP contribution in [-0.2, 0) is 4.79 Å². The summed E-state index contributed by atoms with van der Waals surface area (Å²) in [4.78, 5) is 41.6. The maximum atomic E-state index is 12.5. The van der Waals surface area contributed by atoms with E-state index < -0.39 is 0 Å². The van der Waals surface area contributed by atoms with Crippen LogP contribution >= 0.6 is 27.3 Å². The van der Waals surface area contributed by atoms with E-state index in [1.54, 1.807) is 17.0 Å². The number of carbonyl (C=O) groups excluding carboxylic acids is 2. The fourth-order valence-electron chi connectivity index (χ4n) is 2.72. The molecule has 1 aliphatic rings. The van der Waals surface area contributed by atoms with Crippen molar-refractivity contribution in [3.63, 3.8) is 0 Å². The monoisotopic (exact) mass is 409 g/mol. The van der Waals surface area contributed by atoms with Gasteiger partial charge in [-0.05, 0) is 46.3 Å². The first-order valence-electron chi connectivity index (χ1n) is 7.56. The van der Waals surface area contributed by atoms with Crippen LogP contribution in [0.3, 0.4) is 0 Å². The van der Waals surface area contributed by atoms with E-state index in [1.165, 1.54) is 17.5 Å². The zero-order chi connectivity index (χ0) is 17.1. The van der Waals surface area contributed by atoms with Crippen molar-refractivity contribution in [2.24, 2.45) is 5.92 Å². The highest BCUT2D eigenvalue weighted by molar-refractivity contribution is 9.10. The van der Waals surface area contributed by atoms with Crippen molar-refractivity contribution in [3.05, 3.63) is 49.5 Å². The number of carbonyl (C=O) groups is 2. The minimum Gasteiger partial charge on any atom is -0.337 e. The predicted molar refractivity (Wildman–Crippen MR) is 96.3 cm³/mol. The summed E-state index contributed by atoms with van der Waals surface area (Å²) >= 11 is 4.66. The van der Waals surface area contributed by atoms with Crippen LogP contribution in [0.1, 0.15) is 22.5 Å². The quantitative estimate of drug-likeness (QED) is 0.817. The zero-order valence-corrected chi connectivity index (χ0v) is 15.2. The van der Waals surface area contributed by atoms with Gasteiger partial charge in [-0.25, -0.2) is 0 Å². The van der Waals surface area contributed by atoms with Crippen LogP contribution in [-0.4, -0.2) is 34.8 Å². The number of aromatic nitrogens is 1. The van der Waals surface area contributed by atoms with Gasteiger partial charge >= 0.3 is 0 Å². The minimum absolute atomic E-state index is 0.0391. The number of thiophene rings is 1. The Morgan fingerprint density at radius 2 is 2.25 bits per heavy atom. The summed E-state index contributed by atoms with van der Waals surface area (Å²) in [5.41, 5.74) is -0.148. The number of amides is 2. The molecule has 1 saturated heterocycles. The fraction of sp³-hybridized carbons (Fsp3) is 0.312. The number of pyridine rings is 1. The largest absolute Gasteiger partial charge is 0.337 e. The van der Waals surface area contributed by atoms with Gasteiger partial charge in [0.25, 0.3) is 11.5 Å². The Morgan fingerprint density at radius 1 is 1.42 bits per heavy atom. The predicted octanol–water partition coefficient (Wildman–Crippen LogP) is 2.69. The molecule has 3 heterocycles. The van der Waals surface area contributed by atoms with E-state index in [0.29, 0.717) is 28.9 Å². The van der Waals surface area contributed by atoms with Crippen molar-refractivity contribution in [2.75, 3.05) is 18.4 Å². The summed E-state index contributed by atoms with van der Waals surface area (Å²) in [7, 11) is 0. The molecule has 126 valence electrons. The normalized spacial score (nSPS) is 17.5. The number of halogens is 1. The number of nitrogens with one attached hydrogen (secondary N) is 2. The van der Waals surface area contributed by atoms with Gasteiger partial charge in [0.15, 0.2) is 0 Å². The number of H-pyrrole nitrogens is 1. The van der Waals surface area contributed by atoms with Crippen molar-refractivity contribution in [3.8, 4) is 0 Å². The summed E-state index contributed by atoms with van der Waals surface area (Å²) in [6.45, 7) is 1.02. The van der Waals surface area contributed by atoms with Gasteiger partial charge in [-0.15, -0.1) is 11.3 Å². The summed E-state index contributed by atoms with van der Waals surface area (Å²) in [5, 5.41) is 4.53. The molecule has 2 N–H and O–H groups in total. The maximum absolute atomic E-state index is 12.5. The molecule has 8 heteroatoms. The number of hydrogen-bond donors (Lipinski definition) is 2. The van der Waals surface area contributed by atoms with Crippen LogP contribution in [0.2, 0.25) is 0 Å². The van der Waals surface area contributed by atoms with Gasteiger partial charge < -0.3 is 15.2 Å². The lowest BCUT2D eigenvalue weighted by molar-refractivity contribution is -0.121. The number of likely N-dealkylation sites (tertiary alicyclic amines) is 1. The Bertz CT molecular complexity index is 803. The molecule has 2 aromatic heterocycles. The average Bonchev–Trinajstić information content (AvgIpc) is 3.12. The van der Waals surface area contributed by atoms with E-state index in [1.807, 2.05) is 11.4 Å². The molecule has 1 atom stereocenters. The highest BCUT2D eigenvalue weighted by Crippen LogP contribution is 2.22. The molecule has 0 bridgehead atoms. The zero-order valence-electron chi connectivity index (χ0n) is 12.8. The summed E-state index contributed by atoms with van der Waals surface area (Å²) in [6, 6.07) is 5.19. The van der Waals surface area contributed by atoms with Crippen molar-refractivity contribution in [1.82, 2.24) is 9.88 Å². The first-order valence-corrected chi connectivity index (χ1v) is 9.24. The molecule has 0 radical (unpaired) electrons. The van der Waals surface area contributed by atoms with Crippen LogP contribution in [0.4, 0.5) is 5.69 Å². The standard InChI is InChI=1S/C16H16BrN3O3S/c17-11-7-12(15(22)18-8-11)19-14(21)10-3-1-5-20(9-10)16(23)13-4-2-6-24-13/h2,4,6-8,10H,1,3,5,9H2,(H,18,22)(H,19,21). The van der Waals surface area contributed by atoms with Crippen molar-refractivity contribution in [2.45, 2.75) is 12.8 Å². The van der Waals surface area contributed by atoms with Gasteiger partial charge in [0.1, 0.15) is 5.69 Å². The summed E-state index contributed by atoms with van der Waals surface area (Å²) in [5.74, 6) is -0.592. The second-order valence-corrected chi connectivity index (χ2v) is 7.48. The molecule has 0 saturated carbocycles. The van der Waals surface area contributed by atoms with Crippen LogP contribution in [0.15, 0.2) is 39.0 Å². The number of nitrogens with zero attached hydrogens (tertiary/aromatic N) is 1. The molecule has 24 heavy (non-hydrogen) atoms. The maximum Gasteiger partial charge on any atom is 0.271 e. The third kappa shape index (κ3) is 3.76. The van der Waals surface area contributed by atoms with E-state index in [2.05, 4.69) is 26.2 Å². The van der Waals surface area contributed by atoms with Gasteiger partial charge in [-0.2, -0.15) is 0 Å². The topological polar surface area (TPSA) is 82.3 Å². The van der Waals surface area contributed by atoms with Crippen molar-refractivity contribution >= 4 is 44.8 Å². The molecule has 1 aliphatic heterocycles. The number of rotatable bonds is 3. The second kappa shape index (κ2) is 7.31. The Balaban J connectivity index is 1.68. The van der Waals surface area contributed by atoms with Gasteiger partial charge in [0.05, 0.1) is 10.8 Å². The first-order chi connectivity index (χ1) is 11.5. The molecule has 6 nitrogen and oxygen atoms in total. The Morgan fingerprint density at radius 3 is 3.00 bits per heavy atom. The molecule has 1 fully saturated rings. The average molecular weight is 410 g/mol. The van der Waals surface area contributed by atoms with Crippen LogP contribution in [0.5, 0.6) is 0 Å². The van der Waals surface area contributed by atoms with Crippen LogP contribution in [0.25, 0.3) is 0 Å². The lowest BCUT2D eigenvalue weighted by atomic mass is 9.97. The molecule has 3 rings (SSSR count). The minimum atomic E-state index is -0.353. The smallest absolute Gasteiger partial charge is 0.271 e. The molecule has 2 amide bonds. The number of piperidine rings is 1. The SMILES string of the molecule is O=C(Nc1cc(Br)c[nH]c1=O)C1CCCN(C(=O)c2cccs2)C1. The molecule has 0 spiro atoms. The van der Waals surface area contributed by atoms with E-state index in [0.717, 1.165) is 6.42 Å². The highest BCUT2D eigenvalue weighted by atomic mass is 79.9. The Hall–Kier alpha value is -1.93.